The summed E-state index contributed by atoms with van der Waals surface area (Å²) >= 11 is 2.37. The van der Waals surface area contributed by atoms with E-state index in [1.54, 1.807) is 45.0 Å². The first-order valence-electron chi connectivity index (χ1n) is 18.9. The summed E-state index contributed by atoms with van der Waals surface area (Å²) in [5, 5.41) is 6.35. The van der Waals surface area contributed by atoms with Gasteiger partial charge in [0.1, 0.15) is 20.7 Å². The minimum absolute atomic E-state index is 0.0418. The fourth-order valence-electron chi connectivity index (χ4n) is 6.99. The van der Waals surface area contributed by atoms with Gasteiger partial charge in [-0.05, 0) is 105 Å². The van der Waals surface area contributed by atoms with Crippen LogP contribution in [-0.2, 0) is 24.8 Å². The van der Waals surface area contributed by atoms with E-state index in [-0.39, 0.29) is 17.9 Å². The fraction of sp³-hybridized carbons (Fsp3) is 0.317. The molecule has 0 unspecified atom stereocenters. The van der Waals surface area contributed by atoms with Gasteiger partial charge in [0.05, 0.1) is 15.5 Å². The molecular formula is C41H45N7O6S4. The van der Waals surface area contributed by atoms with Gasteiger partial charge in [-0.3, -0.25) is 14.6 Å². The van der Waals surface area contributed by atoms with E-state index in [9.17, 15) is 26.4 Å². The lowest BCUT2D eigenvalue weighted by Gasteiger charge is -2.36. The van der Waals surface area contributed by atoms with E-state index in [1.165, 1.54) is 68.4 Å². The first kappa shape index (κ1) is 41.4. The summed E-state index contributed by atoms with van der Waals surface area (Å²) in [5.74, 6) is -0.0418. The minimum atomic E-state index is -3.56. The Morgan fingerprint density at radius 2 is 1.09 bits per heavy atom. The Kier molecular flexibility index (Phi) is 12.3. The van der Waals surface area contributed by atoms with Crippen LogP contribution in [0.25, 0.3) is 10.6 Å². The van der Waals surface area contributed by atoms with Crippen LogP contribution in [0.5, 0.6) is 0 Å². The number of ketones is 1. The topological polar surface area (TPSA) is 156 Å². The maximum absolute atomic E-state index is 13.1. The molecule has 0 bridgehead atoms. The zero-order chi connectivity index (χ0) is 41.2. The highest BCUT2D eigenvalue weighted by atomic mass is 32.3. The molecule has 3 aliphatic heterocycles. The first-order chi connectivity index (χ1) is 27.7. The first-order valence-corrected chi connectivity index (χ1v) is 23.4. The van der Waals surface area contributed by atoms with Gasteiger partial charge in [-0.15, -0.1) is 22.7 Å². The van der Waals surface area contributed by atoms with Crippen LogP contribution in [0.2, 0.25) is 0 Å². The van der Waals surface area contributed by atoms with Crippen LogP contribution in [0.3, 0.4) is 0 Å². The number of sulfonamides is 2. The van der Waals surface area contributed by atoms with Crippen molar-refractivity contribution in [3.8, 4) is 10.6 Å². The zero-order valence-corrected chi connectivity index (χ0v) is 36.0. The molecule has 0 spiro atoms. The van der Waals surface area contributed by atoms with Gasteiger partial charge in [0.15, 0.2) is 5.78 Å². The molecule has 3 aliphatic rings. The number of hydrogen-bond donors (Lipinski definition) is 1. The van der Waals surface area contributed by atoms with Gasteiger partial charge < -0.3 is 9.80 Å². The lowest BCUT2D eigenvalue weighted by Crippen LogP contribution is -2.48. The molecule has 13 nitrogen and oxygen atoms in total. The van der Waals surface area contributed by atoms with Crippen LogP contribution in [0.1, 0.15) is 27.1 Å². The number of nitrogens with one attached hydrogen (secondary N) is 1. The lowest BCUT2D eigenvalue weighted by atomic mass is 10.1. The van der Waals surface area contributed by atoms with E-state index in [4.69, 9.17) is 0 Å². The van der Waals surface area contributed by atoms with E-state index < -0.39 is 20.0 Å². The molecular weight excluding hydrogens is 815 g/mol. The highest BCUT2D eigenvalue weighted by molar-refractivity contribution is 7.91. The van der Waals surface area contributed by atoms with Crippen molar-refractivity contribution < 1.29 is 21.6 Å². The van der Waals surface area contributed by atoms with Gasteiger partial charge in [-0.1, -0.05) is 24.3 Å². The molecule has 2 fully saturated rings. The summed E-state index contributed by atoms with van der Waals surface area (Å²) in [4.78, 5) is 32.6. The third-order valence-electron chi connectivity index (χ3n) is 10.3. The number of aryl methyl sites for hydroxylation is 4. The van der Waals surface area contributed by atoms with E-state index in [1.807, 2.05) is 0 Å². The Balaban J connectivity index is 0.000000177. The second kappa shape index (κ2) is 17.2. The molecule has 17 heteroatoms. The van der Waals surface area contributed by atoms with Crippen molar-refractivity contribution in [1.29, 1.82) is 0 Å². The molecule has 2 aromatic carbocycles. The molecule has 8 rings (SSSR count). The number of thiophene rings is 2. The van der Waals surface area contributed by atoms with Crippen LogP contribution in [0.4, 0.5) is 11.4 Å². The summed E-state index contributed by atoms with van der Waals surface area (Å²) in [5.41, 5.74) is 8.07. The second-order valence-electron chi connectivity index (χ2n) is 14.4. The number of aromatic nitrogens is 2. The summed E-state index contributed by atoms with van der Waals surface area (Å²) in [7, 11) is -7.09. The standard InChI is InChI=1S/C21H23N3O3S2.C20H22N4O3S2/c1-15-3-4-16(2)19(13-15)23-9-11-24(12-10-23)29(26,27)21-8-7-20(28-21)18-6-5-17(25)14-22-18;1-14-3-4-15(2)17(13-14)23-9-11-24(12-10-23)29(26,27)20-8-6-18(28-20)16-5-7-19(25)22-21-16/h3-8,13H,9-12,14H2,1-2H3;3-8,13H,9-12H2,1-2H3,(H,22,25). The molecule has 6 heterocycles. The van der Waals surface area contributed by atoms with Gasteiger partial charge in [-0.2, -0.15) is 13.7 Å². The van der Waals surface area contributed by atoms with Crippen LogP contribution >= 0.6 is 22.7 Å². The number of H-pyrrole nitrogens is 1. The molecule has 3 aromatic heterocycles. The normalized spacial score (nSPS) is 16.9. The molecule has 0 aliphatic carbocycles. The molecule has 0 atom stereocenters. The number of piperazine rings is 2. The Hall–Kier alpha value is -4.78. The van der Waals surface area contributed by atoms with E-state index in [0.29, 0.717) is 77.1 Å². The quantitative estimate of drug-likeness (QED) is 0.215. The Morgan fingerprint density at radius 3 is 1.55 bits per heavy atom. The molecule has 2 saturated heterocycles. The monoisotopic (exact) mass is 859 g/mol. The molecule has 0 saturated carbocycles. The van der Waals surface area contributed by atoms with Gasteiger partial charge in [0, 0.05) is 69.8 Å². The van der Waals surface area contributed by atoms with Crippen molar-refractivity contribution in [2.24, 2.45) is 4.99 Å². The van der Waals surface area contributed by atoms with Crippen LogP contribution < -0.4 is 15.4 Å². The van der Waals surface area contributed by atoms with Crippen LogP contribution in [-0.4, -0.2) is 106 Å². The summed E-state index contributed by atoms with van der Waals surface area (Å²) in [6, 6.07) is 22.4. The van der Waals surface area contributed by atoms with Crippen molar-refractivity contribution >= 4 is 65.6 Å². The third-order valence-corrected chi connectivity index (χ3v) is 17.2. The average molecular weight is 860 g/mol. The van der Waals surface area contributed by atoms with Gasteiger partial charge >= 0.3 is 0 Å². The van der Waals surface area contributed by atoms with Crippen molar-refractivity contribution in [1.82, 2.24) is 18.8 Å². The maximum atomic E-state index is 13.1. The summed E-state index contributed by atoms with van der Waals surface area (Å²) < 4.78 is 56.1. The summed E-state index contributed by atoms with van der Waals surface area (Å²) in [6.45, 7) is 12.9. The average Bonchev–Trinajstić information content (AvgIpc) is 3.94. The maximum Gasteiger partial charge on any atom is 0.264 e. The number of hydrogen-bond acceptors (Lipinski definition) is 12. The largest absolute Gasteiger partial charge is 0.369 e. The fourth-order valence-corrected chi connectivity index (χ4v) is 12.7. The number of dihydropyridines is 1. The van der Waals surface area contributed by atoms with Gasteiger partial charge in [-0.25, -0.2) is 21.9 Å². The minimum Gasteiger partial charge on any atom is -0.369 e. The summed E-state index contributed by atoms with van der Waals surface area (Å²) in [6.07, 6.45) is 3.14. The zero-order valence-electron chi connectivity index (χ0n) is 32.7. The van der Waals surface area contributed by atoms with Crippen LogP contribution in [0.15, 0.2) is 103 Å². The predicted octanol–water partition coefficient (Wildman–Crippen LogP) is 5.43. The number of nitrogens with zero attached hydrogens (tertiary/aromatic N) is 6. The van der Waals surface area contributed by atoms with E-state index in [0.717, 1.165) is 4.88 Å². The van der Waals surface area contributed by atoms with E-state index in [2.05, 4.69) is 89.1 Å². The number of aliphatic imine (C=N–C) groups is 1. The number of anilines is 2. The molecule has 5 aromatic rings. The Morgan fingerprint density at radius 1 is 0.586 bits per heavy atom. The molecule has 304 valence electrons. The number of carbonyl (C=O) groups is 1. The SMILES string of the molecule is Cc1ccc(C)c(N2CCN(S(=O)(=O)c3ccc(-c4ccc(=O)[nH]n4)s3)CC2)c1.Cc1ccc(C)c(N2CCN(S(=O)(=O)c3ccc(C4=NCC(=O)C=C4)s3)CC2)c1. The Bertz CT molecular complexity index is 2650. The number of benzene rings is 2. The van der Waals surface area contributed by atoms with Gasteiger partial charge in [0.25, 0.3) is 25.6 Å². The van der Waals surface area contributed by atoms with Crippen molar-refractivity contribution in [3.63, 3.8) is 0 Å². The highest BCUT2D eigenvalue weighted by Crippen LogP contribution is 2.33. The number of carbonyl (C=O) groups excluding carboxylic acids is 1. The number of aromatic amines is 1. The van der Waals surface area contributed by atoms with Crippen molar-refractivity contribution in [3.05, 3.63) is 122 Å². The van der Waals surface area contributed by atoms with Crippen molar-refractivity contribution in [2.45, 2.75) is 36.1 Å². The highest BCUT2D eigenvalue weighted by Gasteiger charge is 2.32. The molecule has 0 amide bonds. The van der Waals surface area contributed by atoms with Crippen molar-refractivity contribution in [2.75, 3.05) is 68.7 Å². The van der Waals surface area contributed by atoms with Gasteiger partial charge in [0.2, 0.25) is 0 Å². The predicted molar refractivity (Wildman–Crippen MR) is 232 cm³/mol. The molecule has 58 heavy (non-hydrogen) atoms. The lowest BCUT2D eigenvalue weighted by molar-refractivity contribution is -0.113. The smallest absolute Gasteiger partial charge is 0.264 e. The number of allylic oxidation sites excluding steroid dienone is 1. The van der Waals surface area contributed by atoms with Crippen LogP contribution in [0, 0.1) is 27.7 Å². The second-order valence-corrected chi connectivity index (χ2v) is 20.9. The van der Waals surface area contributed by atoms with E-state index >= 15 is 0 Å². The molecule has 0 radical (unpaired) electrons. The molecule has 1 N–H and O–H groups in total. The number of rotatable bonds is 8. The third kappa shape index (κ3) is 9.09. The Labute approximate surface area is 347 Å².